The third-order valence-electron chi connectivity index (χ3n) is 3.49. The fourth-order valence-corrected chi connectivity index (χ4v) is 2.34. The van der Waals surface area contributed by atoms with Crippen LogP contribution in [0.5, 0.6) is 0 Å². The highest BCUT2D eigenvalue weighted by Crippen LogP contribution is 2.08. The Morgan fingerprint density at radius 3 is 2.47 bits per heavy atom. The highest BCUT2D eigenvalue weighted by atomic mass is 15.3. The summed E-state index contributed by atoms with van der Waals surface area (Å²) in [6.45, 7) is 9.50. The molecule has 0 atom stereocenters. The van der Waals surface area contributed by atoms with Crippen LogP contribution in [0.1, 0.15) is 19.4 Å². The van der Waals surface area contributed by atoms with E-state index >= 15 is 0 Å². The Kier molecular flexibility index (Phi) is 5.16. The van der Waals surface area contributed by atoms with Crippen LogP contribution in [-0.2, 0) is 6.54 Å². The summed E-state index contributed by atoms with van der Waals surface area (Å²) < 4.78 is 0. The van der Waals surface area contributed by atoms with Gasteiger partial charge < -0.3 is 4.90 Å². The first-order valence-electron chi connectivity index (χ1n) is 6.96. The lowest BCUT2D eigenvalue weighted by molar-refractivity contribution is 0.175. The standard InChI is InChI=1S/C16H23N3/c1-3-9-17-15(2)19-12-10-18(11-13-19)14-16-7-5-4-6-8-16/h3-9H,10-14H2,1-2H3/b9-3-,17-15?. The Bertz CT molecular complexity index is 429. The molecule has 0 radical (unpaired) electrons. The average Bonchev–Trinajstić information content (AvgIpc) is 2.46. The smallest absolute Gasteiger partial charge is 0.101 e. The maximum Gasteiger partial charge on any atom is 0.101 e. The van der Waals surface area contributed by atoms with Gasteiger partial charge in [0.25, 0.3) is 0 Å². The van der Waals surface area contributed by atoms with Gasteiger partial charge in [-0.25, -0.2) is 4.99 Å². The van der Waals surface area contributed by atoms with Crippen molar-refractivity contribution in [3.63, 3.8) is 0 Å². The third kappa shape index (κ3) is 4.21. The van der Waals surface area contributed by atoms with Crippen LogP contribution in [0.25, 0.3) is 0 Å². The third-order valence-corrected chi connectivity index (χ3v) is 3.49. The number of hydrogen-bond donors (Lipinski definition) is 0. The van der Waals surface area contributed by atoms with E-state index in [1.807, 2.05) is 19.2 Å². The summed E-state index contributed by atoms with van der Waals surface area (Å²) in [4.78, 5) is 9.29. The normalized spacial score (nSPS) is 18.2. The molecule has 0 unspecified atom stereocenters. The van der Waals surface area contributed by atoms with Gasteiger partial charge >= 0.3 is 0 Å². The molecule has 1 aliphatic heterocycles. The van der Waals surface area contributed by atoms with E-state index in [1.54, 1.807) is 0 Å². The second kappa shape index (κ2) is 7.10. The summed E-state index contributed by atoms with van der Waals surface area (Å²) in [6, 6.07) is 10.7. The summed E-state index contributed by atoms with van der Waals surface area (Å²) in [5.41, 5.74) is 1.40. The van der Waals surface area contributed by atoms with Crippen molar-refractivity contribution in [2.75, 3.05) is 26.2 Å². The maximum atomic E-state index is 4.42. The first-order chi connectivity index (χ1) is 9.29. The molecule has 1 fully saturated rings. The lowest BCUT2D eigenvalue weighted by atomic mass is 10.2. The molecule has 102 valence electrons. The molecular formula is C16H23N3. The maximum absolute atomic E-state index is 4.42. The first kappa shape index (κ1) is 13.8. The Balaban J connectivity index is 1.82. The van der Waals surface area contributed by atoms with Gasteiger partial charge in [-0.05, 0) is 19.4 Å². The highest BCUT2D eigenvalue weighted by molar-refractivity contribution is 5.80. The quantitative estimate of drug-likeness (QED) is 0.612. The molecule has 1 heterocycles. The lowest BCUT2D eigenvalue weighted by Gasteiger charge is -2.35. The van der Waals surface area contributed by atoms with E-state index in [2.05, 4.69) is 52.0 Å². The molecule has 1 aliphatic rings. The van der Waals surface area contributed by atoms with Crippen molar-refractivity contribution in [1.29, 1.82) is 0 Å². The minimum atomic E-state index is 1.06. The first-order valence-corrected chi connectivity index (χ1v) is 6.96. The van der Waals surface area contributed by atoms with Crippen LogP contribution < -0.4 is 0 Å². The van der Waals surface area contributed by atoms with E-state index in [0.717, 1.165) is 38.6 Å². The van der Waals surface area contributed by atoms with Gasteiger partial charge in [0.05, 0.1) is 0 Å². The van der Waals surface area contributed by atoms with Crippen LogP contribution in [0.3, 0.4) is 0 Å². The molecule has 1 aromatic rings. The molecular weight excluding hydrogens is 234 g/mol. The van der Waals surface area contributed by atoms with Gasteiger partial charge in [0.2, 0.25) is 0 Å². The van der Waals surface area contributed by atoms with Crippen LogP contribution in [0.2, 0.25) is 0 Å². The van der Waals surface area contributed by atoms with E-state index in [0.29, 0.717) is 0 Å². The van der Waals surface area contributed by atoms with E-state index in [9.17, 15) is 0 Å². The molecule has 0 bridgehead atoms. The summed E-state index contributed by atoms with van der Waals surface area (Å²) >= 11 is 0. The number of aliphatic imine (C=N–C) groups is 1. The summed E-state index contributed by atoms with van der Waals surface area (Å²) in [6.07, 6.45) is 3.83. The minimum absolute atomic E-state index is 1.06. The van der Waals surface area contributed by atoms with Crippen molar-refractivity contribution in [3.8, 4) is 0 Å². The topological polar surface area (TPSA) is 18.8 Å². The average molecular weight is 257 g/mol. The molecule has 0 spiro atoms. The van der Waals surface area contributed by atoms with E-state index in [1.165, 1.54) is 5.56 Å². The highest BCUT2D eigenvalue weighted by Gasteiger charge is 2.17. The van der Waals surface area contributed by atoms with E-state index < -0.39 is 0 Å². The molecule has 0 amide bonds. The van der Waals surface area contributed by atoms with Gasteiger partial charge in [-0.15, -0.1) is 0 Å². The van der Waals surface area contributed by atoms with E-state index in [4.69, 9.17) is 0 Å². The molecule has 19 heavy (non-hydrogen) atoms. The zero-order valence-corrected chi connectivity index (χ0v) is 11.9. The second-order valence-electron chi connectivity index (χ2n) is 4.91. The van der Waals surface area contributed by atoms with Crippen molar-refractivity contribution in [2.24, 2.45) is 4.99 Å². The number of amidine groups is 1. The van der Waals surface area contributed by atoms with Crippen molar-refractivity contribution in [1.82, 2.24) is 9.80 Å². The number of rotatable bonds is 3. The van der Waals surface area contributed by atoms with Gasteiger partial charge in [0.1, 0.15) is 5.84 Å². The number of allylic oxidation sites excluding steroid dienone is 1. The van der Waals surface area contributed by atoms with Gasteiger partial charge in [-0.2, -0.15) is 0 Å². The van der Waals surface area contributed by atoms with Crippen molar-refractivity contribution < 1.29 is 0 Å². The summed E-state index contributed by atoms with van der Waals surface area (Å²) in [5.74, 6) is 1.12. The largest absolute Gasteiger partial charge is 0.358 e. The zero-order valence-electron chi connectivity index (χ0n) is 11.9. The molecule has 3 nitrogen and oxygen atoms in total. The molecule has 3 heteroatoms. The predicted octanol–water partition coefficient (Wildman–Crippen LogP) is 2.76. The van der Waals surface area contributed by atoms with Gasteiger partial charge in [-0.3, -0.25) is 4.90 Å². The second-order valence-corrected chi connectivity index (χ2v) is 4.91. The van der Waals surface area contributed by atoms with E-state index in [-0.39, 0.29) is 0 Å². The zero-order chi connectivity index (χ0) is 13.5. The molecule has 0 N–H and O–H groups in total. The molecule has 0 aromatic heterocycles. The van der Waals surface area contributed by atoms with Crippen LogP contribution in [0, 0.1) is 0 Å². The number of nitrogens with zero attached hydrogens (tertiary/aromatic N) is 3. The Morgan fingerprint density at radius 1 is 1.16 bits per heavy atom. The Hall–Kier alpha value is -1.61. The number of benzene rings is 1. The molecule has 1 saturated heterocycles. The van der Waals surface area contributed by atoms with Crippen molar-refractivity contribution in [2.45, 2.75) is 20.4 Å². The monoisotopic (exact) mass is 257 g/mol. The fraction of sp³-hybridized carbons (Fsp3) is 0.438. The minimum Gasteiger partial charge on any atom is -0.358 e. The van der Waals surface area contributed by atoms with Crippen molar-refractivity contribution in [3.05, 3.63) is 48.2 Å². The van der Waals surface area contributed by atoms with Crippen LogP contribution >= 0.6 is 0 Å². The summed E-state index contributed by atoms with van der Waals surface area (Å²) in [5, 5.41) is 0. The van der Waals surface area contributed by atoms with Gasteiger partial charge in [-0.1, -0.05) is 36.4 Å². The van der Waals surface area contributed by atoms with Gasteiger partial charge in [0, 0.05) is 38.9 Å². The van der Waals surface area contributed by atoms with Crippen LogP contribution in [0.4, 0.5) is 0 Å². The summed E-state index contributed by atoms with van der Waals surface area (Å²) in [7, 11) is 0. The number of hydrogen-bond acceptors (Lipinski definition) is 2. The number of piperazine rings is 1. The van der Waals surface area contributed by atoms with Gasteiger partial charge in [0.15, 0.2) is 0 Å². The van der Waals surface area contributed by atoms with Crippen molar-refractivity contribution >= 4 is 5.84 Å². The SMILES string of the molecule is C/C=C\N=C(C)N1CCN(Cc2ccccc2)CC1. The molecule has 0 aliphatic carbocycles. The molecule has 2 rings (SSSR count). The predicted molar refractivity (Wildman–Crippen MR) is 81.2 cm³/mol. The Labute approximate surface area is 116 Å². The van der Waals surface area contributed by atoms with Crippen LogP contribution in [-0.4, -0.2) is 41.8 Å². The lowest BCUT2D eigenvalue weighted by Crippen LogP contribution is -2.47. The molecule has 0 saturated carbocycles. The Morgan fingerprint density at radius 2 is 1.84 bits per heavy atom. The van der Waals surface area contributed by atoms with Crippen LogP contribution in [0.15, 0.2) is 47.6 Å². The molecule has 1 aromatic carbocycles. The fourth-order valence-electron chi connectivity index (χ4n) is 2.34.